The average Bonchev–Trinajstić information content (AvgIpc) is 2.27. The molecule has 2 heterocycles. The number of pyridine rings is 1. The Labute approximate surface area is 120 Å². The van der Waals surface area contributed by atoms with Crippen LogP contribution in [0, 0.1) is 0 Å². The van der Waals surface area contributed by atoms with Crippen LogP contribution in [0.5, 0.6) is 0 Å². The summed E-state index contributed by atoms with van der Waals surface area (Å²) in [5, 5.41) is 1.47. The molecular formula is C12H17ClN2OS2. The number of hydrogen-bond acceptors (Lipinski definition) is 3. The van der Waals surface area contributed by atoms with Gasteiger partial charge in [-0.15, -0.1) is 11.8 Å². The van der Waals surface area contributed by atoms with Crippen molar-refractivity contribution in [2.75, 3.05) is 5.75 Å². The van der Waals surface area contributed by atoms with Gasteiger partial charge in [0.15, 0.2) is 0 Å². The van der Waals surface area contributed by atoms with Crippen molar-refractivity contribution < 1.29 is 4.21 Å². The second kappa shape index (κ2) is 5.49. The number of fused-ring (bicyclic) bond motifs is 1. The number of nitrogens with one attached hydrogen (secondary N) is 1. The molecule has 0 aliphatic carbocycles. The second-order valence-electron chi connectivity index (χ2n) is 5.22. The number of aromatic nitrogens is 1. The fourth-order valence-electron chi connectivity index (χ4n) is 1.67. The van der Waals surface area contributed by atoms with Crippen LogP contribution in [-0.4, -0.2) is 19.7 Å². The lowest BCUT2D eigenvalue weighted by Crippen LogP contribution is -2.36. The van der Waals surface area contributed by atoms with Crippen molar-refractivity contribution in [3.8, 4) is 0 Å². The third-order valence-corrected chi connectivity index (χ3v) is 5.54. The van der Waals surface area contributed by atoms with Crippen LogP contribution in [0.15, 0.2) is 17.2 Å². The Morgan fingerprint density at radius 1 is 1.50 bits per heavy atom. The SMILES string of the molecule is CC(C)(C)S(=O)NC1CCSc2nc(Cl)ccc21. The summed E-state index contributed by atoms with van der Waals surface area (Å²) in [4.78, 5) is 4.32. The highest BCUT2D eigenvalue weighted by Crippen LogP contribution is 2.36. The lowest BCUT2D eigenvalue weighted by Gasteiger charge is -2.28. The normalized spacial score (nSPS) is 21.4. The van der Waals surface area contributed by atoms with E-state index in [1.807, 2.05) is 26.8 Å². The minimum atomic E-state index is -1.07. The van der Waals surface area contributed by atoms with Crippen molar-refractivity contribution in [1.82, 2.24) is 9.71 Å². The Hall–Kier alpha value is -0.100. The molecule has 0 radical (unpaired) electrons. The van der Waals surface area contributed by atoms with Gasteiger partial charge >= 0.3 is 0 Å². The van der Waals surface area contributed by atoms with E-state index in [0.717, 1.165) is 22.8 Å². The number of hydrogen-bond donors (Lipinski definition) is 1. The first-order valence-electron chi connectivity index (χ1n) is 5.85. The van der Waals surface area contributed by atoms with Crippen molar-refractivity contribution >= 4 is 34.3 Å². The van der Waals surface area contributed by atoms with Crippen LogP contribution in [0.4, 0.5) is 0 Å². The van der Waals surface area contributed by atoms with Crippen molar-refractivity contribution in [3.05, 3.63) is 22.8 Å². The van der Waals surface area contributed by atoms with E-state index in [-0.39, 0.29) is 10.8 Å². The molecule has 0 aromatic carbocycles. The Bertz CT molecular complexity index is 474. The Morgan fingerprint density at radius 3 is 2.89 bits per heavy atom. The van der Waals surface area contributed by atoms with Crippen LogP contribution in [-0.2, 0) is 11.0 Å². The summed E-state index contributed by atoms with van der Waals surface area (Å²) in [6, 6.07) is 3.88. The van der Waals surface area contributed by atoms with Gasteiger partial charge in [-0.25, -0.2) is 13.9 Å². The van der Waals surface area contributed by atoms with Gasteiger partial charge in [0.05, 0.1) is 15.7 Å². The molecule has 1 N–H and O–H groups in total. The summed E-state index contributed by atoms with van der Waals surface area (Å²) in [5.74, 6) is 0.972. The molecule has 0 fully saturated rings. The van der Waals surface area contributed by atoms with Crippen molar-refractivity contribution in [2.24, 2.45) is 0 Å². The van der Waals surface area contributed by atoms with E-state index in [4.69, 9.17) is 11.6 Å². The molecule has 0 saturated heterocycles. The Morgan fingerprint density at radius 2 is 2.22 bits per heavy atom. The van der Waals surface area contributed by atoms with Gasteiger partial charge in [-0.05, 0) is 33.3 Å². The van der Waals surface area contributed by atoms with Gasteiger partial charge in [0.2, 0.25) is 0 Å². The molecule has 1 aromatic rings. The molecule has 0 saturated carbocycles. The maximum Gasteiger partial charge on any atom is 0.130 e. The predicted molar refractivity (Wildman–Crippen MR) is 78.4 cm³/mol. The summed E-state index contributed by atoms with van der Waals surface area (Å²) in [6.07, 6.45) is 0.961. The monoisotopic (exact) mass is 304 g/mol. The van der Waals surface area contributed by atoms with Crippen LogP contribution in [0.3, 0.4) is 0 Å². The number of halogens is 1. The summed E-state index contributed by atoms with van der Waals surface area (Å²) in [6.45, 7) is 5.90. The van der Waals surface area contributed by atoms with Gasteiger partial charge in [-0.2, -0.15) is 0 Å². The van der Waals surface area contributed by atoms with Gasteiger partial charge in [0.1, 0.15) is 10.2 Å². The average molecular weight is 305 g/mol. The summed E-state index contributed by atoms with van der Waals surface area (Å²) < 4.78 is 15.1. The predicted octanol–water partition coefficient (Wildman–Crippen LogP) is 3.32. The third-order valence-electron chi connectivity index (χ3n) is 2.68. The van der Waals surface area contributed by atoms with E-state index in [1.165, 1.54) is 0 Å². The Kier molecular flexibility index (Phi) is 4.36. The molecule has 18 heavy (non-hydrogen) atoms. The number of rotatable bonds is 2. The molecule has 0 spiro atoms. The van der Waals surface area contributed by atoms with Gasteiger partial charge in [0, 0.05) is 17.4 Å². The molecule has 3 nitrogen and oxygen atoms in total. The van der Waals surface area contributed by atoms with Crippen LogP contribution in [0.2, 0.25) is 5.15 Å². The maximum absolute atomic E-state index is 12.2. The highest BCUT2D eigenvalue weighted by molar-refractivity contribution is 7.99. The molecule has 100 valence electrons. The van der Waals surface area contributed by atoms with E-state index in [0.29, 0.717) is 5.15 Å². The summed E-state index contributed by atoms with van der Waals surface area (Å²) in [5.41, 5.74) is 1.10. The first-order chi connectivity index (χ1) is 8.38. The topological polar surface area (TPSA) is 42.0 Å². The van der Waals surface area contributed by atoms with Crippen LogP contribution in [0.1, 0.15) is 38.8 Å². The van der Waals surface area contributed by atoms with Gasteiger partial charge < -0.3 is 0 Å². The molecule has 1 aliphatic rings. The number of thioether (sulfide) groups is 1. The molecular weight excluding hydrogens is 288 g/mol. The Balaban J connectivity index is 2.21. The van der Waals surface area contributed by atoms with Gasteiger partial charge in [0.25, 0.3) is 0 Å². The zero-order valence-corrected chi connectivity index (χ0v) is 13.1. The van der Waals surface area contributed by atoms with E-state index in [9.17, 15) is 4.21 Å². The zero-order valence-electron chi connectivity index (χ0n) is 10.7. The first-order valence-corrected chi connectivity index (χ1v) is 8.36. The third kappa shape index (κ3) is 3.26. The lowest BCUT2D eigenvalue weighted by molar-refractivity contribution is 0.578. The van der Waals surface area contributed by atoms with E-state index < -0.39 is 11.0 Å². The highest BCUT2D eigenvalue weighted by Gasteiger charge is 2.27. The standard InChI is InChI=1S/C12H17ClN2OS2/c1-12(2,3)18(16)15-9-6-7-17-11-8(9)4-5-10(13)14-11/h4-5,9,15H,6-7H2,1-3H3. The quantitative estimate of drug-likeness (QED) is 0.852. The fraction of sp³-hybridized carbons (Fsp3) is 0.583. The van der Waals surface area contributed by atoms with Crippen LogP contribution < -0.4 is 4.72 Å². The highest BCUT2D eigenvalue weighted by atomic mass is 35.5. The van der Waals surface area contributed by atoms with Crippen molar-refractivity contribution in [1.29, 1.82) is 0 Å². The molecule has 1 aliphatic heterocycles. The maximum atomic E-state index is 12.2. The first kappa shape index (κ1) is 14.3. The fourth-order valence-corrected chi connectivity index (χ4v) is 3.81. The zero-order chi connectivity index (χ0) is 13.3. The molecule has 6 heteroatoms. The van der Waals surface area contributed by atoms with E-state index >= 15 is 0 Å². The second-order valence-corrected chi connectivity index (χ2v) is 8.69. The molecule has 1 aromatic heterocycles. The van der Waals surface area contributed by atoms with Crippen molar-refractivity contribution in [2.45, 2.75) is 43.0 Å². The van der Waals surface area contributed by atoms with Crippen molar-refractivity contribution in [3.63, 3.8) is 0 Å². The van der Waals surface area contributed by atoms with Gasteiger partial charge in [-0.1, -0.05) is 17.7 Å². The van der Waals surface area contributed by atoms with E-state index in [1.54, 1.807) is 17.8 Å². The van der Waals surface area contributed by atoms with Gasteiger partial charge in [-0.3, -0.25) is 0 Å². The molecule has 0 bridgehead atoms. The molecule has 2 unspecified atom stereocenters. The van der Waals surface area contributed by atoms with Crippen LogP contribution >= 0.6 is 23.4 Å². The largest absolute Gasteiger partial charge is 0.242 e. The lowest BCUT2D eigenvalue weighted by atomic mass is 10.1. The van der Waals surface area contributed by atoms with Crippen LogP contribution in [0.25, 0.3) is 0 Å². The molecule has 0 amide bonds. The van der Waals surface area contributed by atoms with E-state index in [2.05, 4.69) is 9.71 Å². The minimum absolute atomic E-state index is 0.103. The molecule has 2 rings (SSSR count). The summed E-state index contributed by atoms with van der Waals surface area (Å²) >= 11 is 7.60. The summed E-state index contributed by atoms with van der Waals surface area (Å²) in [7, 11) is -1.07. The molecule has 2 atom stereocenters. The smallest absolute Gasteiger partial charge is 0.130 e. The minimum Gasteiger partial charge on any atom is -0.242 e. The number of nitrogens with zero attached hydrogens (tertiary/aromatic N) is 1.